The summed E-state index contributed by atoms with van der Waals surface area (Å²) in [5.41, 5.74) is 6.66. The van der Waals surface area contributed by atoms with E-state index in [-0.39, 0.29) is 5.91 Å². The lowest BCUT2D eigenvalue weighted by Gasteiger charge is -2.31. The molecule has 0 radical (unpaired) electrons. The third-order valence-corrected chi connectivity index (χ3v) is 3.60. The molecular weight excluding hydrogens is 226 g/mol. The van der Waals surface area contributed by atoms with Crippen LogP contribution in [0, 0.1) is 5.92 Å². The molecule has 0 unspecified atom stereocenters. The minimum Gasteiger partial charge on any atom is -0.397 e. The monoisotopic (exact) mass is 247 g/mol. The molecule has 4 heteroatoms. The fourth-order valence-electron chi connectivity index (χ4n) is 2.53. The summed E-state index contributed by atoms with van der Waals surface area (Å²) in [4.78, 5) is 18.2. The van der Waals surface area contributed by atoms with Crippen LogP contribution in [0.4, 0.5) is 5.69 Å². The zero-order valence-electron chi connectivity index (χ0n) is 10.9. The molecule has 0 aliphatic carbocycles. The summed E-state index contributed by atoms with van der Waals surface area (Å²) < 4.78 is 0. The Hall–Kier alpha value is -1.58. The maximum atomic E-state index is 12.2. The number of pyridine rings is 1. The lowest BCUT2D eigenvalue weighted by atomic mass is 9.92. The average molecular weight is 247 g/mol. The van der Waals surface area contributed by atoms with Crippen LogP contribution in [0.15, 0.2) is 18.3 Å². The molecule has 0 atom stereocenters. The lowest BCUT2D eigenvalue weighted by Crippen LogP contribution is -2.38. The van der Waals surface area contributed by atoms with Gasteiger partial charge < -0.3 is 10.6 Å². The Labute approximate surface area is 108 Å². The van der Waals surface area contributed by atoms with Gasteiger partial charge in [0.25, 0.3) is 5.91 Å². The van der Waals surface area contributed by atoms with Crippen molar-refractivity contribution in [3.05, 3.63) is 24.0 Å². The molecule has 0 saturated carbocycles. The Morgan fingerprint density at radius 3 is 2.72 bits per heavy atom. The van der Waals surface area contributed by atoms with E-state index in [1.807, 2.05) is 4.90 Å². The van der Waals surface area contributed by atoms with Crippen molar-refractivity contribution >= 4 is 11.6 Å². The first kappa shape index (κ1) is 12.9. The number of carbonyl (C=O) groups is 1. The highest BCUT2D eigenvalue weighted by molar-refractivity contribution is 5.92. The van der Waals surface area contributed by atoms with Crippen LogP contribution in [0.2, 0.25) is 0 Å². The van der Waals surface area contributed by atoms with E-state index in [1.165, 1.54) is 19.0 Å². The fourth-order valence-corrected chi connectivity index (χ4v) is 2.53. The van der Waals surface area contributed by atoms with Crippen LogP contribution in [-0.2, 0) is 0 Å². The summed E-state index contributed by atoms with van der Waals surface area (Å²) in [6.07, 6.45) is 6.29. The maximum Gasteiger partial charge on any atom is 0.272 e. The van der Waals surface area contributed by atoms with Gasteiger partial charge in [0.2, 0.25) is 0 Å². The Bertz CT molecular complexity index is 394. The van der Waals surface area contributed by atoms with E-state index in [9.17, 15) is 4.79 Å². The van der Waals surface area contributed by atoms with Gasteiger partial charge in [0.1, 0.15) is 5.69 Å². The van der Waals surface area contributed by atoms with E-state index < -0.39 is 0 Å². The molecule has 2 rings (SSSR count). The maximum absolute atomic E-state index is 12.2. The van der Waals surface area contributed by atoms with Gasteiger partial charge in [-0.15, -0.1) is 0 Å². The van der Waals surface area contributed by atoms with Crippen molar-refractivity contribution < 1.29 is 4.79 Å². The normalized spacial score (nSPS) is 16.8. The SMILES string of the molecule is CCCC1CCN(C(=O)c2ccc(N)cn2)CC1. The van der Waals surface area contributed by atoms with Crippen molar-refractivity contribution in [3.8, 4) is 0 Å². The van der Waals surface area contributed by atoms with E-state index in [2.05, 4.69) is 11.9 Å². The summed E-state index contributed by atoms with van der Waals surface area (Å²) in [7, 11) is 0. The molecule has 1 aromatic rings. The Balaban J connectivity index is 1.93. The molecule has 1 aliphatic heterocycles. The second kappa shape index (κ2) is 5.85. The Kier molecular flexibility index (Phi) is 4.18. The van der Waals surface area contributed by atoms with Gasteiger partial charge in [-0.25, -0.2) is 4.98 Å². The molecule has 1 aromatic heterocycles. The topological polar surface area (TPSA) is 59.2 Å². The number of carbonyl (C=O) groups excluding carboxylic acids is 1. The molecule has 1 amide bonds. The molecule has 0 bridgehead atoms. The number of nitrogens with two attached hydrogens (primary N) is 1. The van der Waals surface area contributed by atoms with Crippen LogP contribution in [0.1, 0.15) is 43.1 Å². The first-order chi connectivity index (χ1) is 8.70. The molecular formula is C14H21N3O. The van der Waals surface area contributed by atoms with E-state index >= 15 is 0 Å². The largest absolute Gasteiger partial charge is 0.397 e. The van der Waals surface area contributed by atoms with Crippen LogP contribution < -0.4 is 5.73 Å². The van der Waals surface area contributed by atoms with E-state index in [0.717, 1.165) is 31.8 Å². The van der Waals surface area contributed by atoms with Gasteiger partial charge in [-0.2, -0.15) is 0 Å². The zero-order valence-corrected chi connectivity index (χ0v) is 10.9. The first-order valence-corrected chi connectivity index (χ1v) is 6.71. The molecule has 1 fully saturated rings. The quantitative estimate of drug-likeness (QED) is 0.891. The number of likely N-dealkylation sites (tertiary alicyclic amines) is 1. The van der Waals surface area contributed by atoms with Crippen molar-refractivity contribution in [1.82, 2.24) is 9.88 Å². The van der Waals surface area contributed by atoms with E-state index in [1.54, 1.807) is 12.1 Å². The minimum atomic E-state index is 0.0324. The summed E-state index contributed by atoms with van der Waals surface area (Å²) in [5.74, 6) is 0.823. The van der Waals surface area contributed by atoms with Gasteiger partial charge in [0.15, 0.2) is 0 Å². The number of rotatable bonds is 3. The van der Waals surface area contributed by atoms with Crippen molar-refractivity contribution in [2.24, 2.45) is 5.92 Å². The average Bonchev–Trinajstić information content (AvgIpc) is 2.40. The van der Waals surface area contributed by atoms with Crippen molar-refractivity contribution in [2.45, 2.75) is 32.6 Å². The fraction of sp³-hybridized carbons (Fsp3) is 0.571. The third kappa shape index (κ3) is 3.00. The zero-order chi connectivity index (χ0) is 13.0. The first-order valence-electron chi connectivity index (χ1n) is 6.71. The van der Waals surface area contributed by atoms with Gasteiger partial charge in [-0.05, 0) is 30.9 Å². The second-order valence-electron chi connectivity index (χ2n) is 5.00. The van der Waals surface area contributed by atoms with Gasteiger partial charge in [0, 0.05) is 13.1 Å². The number of hydrogen-bond acceptors (Lipinski definition) is 3. The van der Waals surface area contributed by atoms with E-state index in [4.69, 9.17) is 5.73 Å². The second-order valence-corrected chi connectivity index (χ2v) is 5.00. The van der Waals surface area contributed by atoms with Crippen LogP contribution in [0.25, 0.3) is 0 Å². The van der Waals surface area contributed by atoms with Crippen LogP contribution >= 0.6 is 0 Å². The number of amides is 1. The van der Waals surface area contributed by atoms with Crippen LogP contribution in [0.5, 0.6) is 0 Å². The van der Waals surface area contributed by atoms with Crippen molar-refractivity contribution in [2.75, 3.05) is 18.8 Å². The molecule has 1 saturated heterocycles. The molecule has 18 heavy (non-hydrogen) atoms. The van der Waals surface area contributed by atoms with Gasteiger partial charge in [0.05, 0.1) is 11.9 Å². The lowest BCUT2D eigenvalue weighted by molar-refractivity contribution is 0.0680. The third-order valence-electron chi connectivity index (χ3n) is 3.60. The summed E-state index contributed by atoms with van der Waals surface area (Å²) in [5, 5.41) is 0. The van der Waals surface area contributed by atoms with Gasteiger partial charge >= 0.3 is 0 Å². The molecule has 0 spiro atoms. The number of aromatic nitrogens is 1. The minimum absolute atomic E-state index is 0.0324. The van der Waals surface area contributed by atoms with Crippen molar-refractivity contribution in [3.63, 3.8) is 0 Å². The Morgan fingerprint density at radius 2 is 2.17 bits per heavy atom. The predicted molar refractivity (Wildman–Crippen MR) is 72.2 cm³/mol. The summed E-state index contributed by atoms with van der Waals surface area (Å²) in [6.45, 7) is 3.93. The van der Waals surface area contributed by atoms with E-state index in [0.29, 0.717) is 11.4 Å². The molecule has 4 nitrogen and oxygen atoms in total. The van der Waals surface area contributed by atoms with Gasteiger partial charge in [-0.1, -0.05) is 19.8 Å². The number of nitrogens with zero attached hydrogens (tertiary/aromatic N) is 2. The number of hydrogen-bond donors (Lipinski definition) is 1. The highest BCUT2D eigenvalue weighted by atomic mass is 16.2. The molecule has 2 heterocycles. The molecule has 2 N–H and O–H groups in total. The van der Waals surface area contributed by atoms with Crippen LogP contribution in [0.3, 0.4) is 0 Å². The van der Waals surface area contributed by atoms with Crippen LogP contribution in [-0.4, -0.2) is 28.9 Å². The molecule has 1 aliphatic rings. The summed E-state index contributed by atoms with van der Waals surface area (Å²) >= 11 is 0. The number of anilines is 1. The summed E-state index contributed by atoms with van der Waals surface area (Å²) in [6, 6.07) is 3.43. The molecule has 98 valence electrons. The smallest absolute Gasteiger partial charge is 0.272 e. The standard InChI is InChI=1S/C14H21N3O/c1-2-3-11-6-8-17(9-7-11)14(18)13-5-4-12(15)10-16-13/h4-5,10-11H,2-3,6-9,15H2,1H3. The Morgan fingerprint density at radius 1 is 1.44 bits per heavy atom. The predicted octanol–water partition coefficient (Wildman–Crippen LogP) is 2.32. The van der Waals surface area contributed by atoms with Gasteiger partial charge in [-0.3, -0.25) is 4.79 Å². The number of nitrogen functional groups attached to an aromatic ring is 1. The highest BCUT2D eigenvalue weighted by Gasteiger charge is 2.23. The molecule has 0 aromatic carbocycles. The van der Waals surface area contributed by atoms with Crippen molar-refractivity contribution in [1.29, 1.82) is 0 Å². The highest BCUT2D eigenvalue weighted by Crippen LogP contribution is 2.22. The number of piperidine rings is 1.